The lowest BCUT2D eigenvalue weighted by molar-refractivity contribution is -0.920. The highest BCUT2D eigenvalue weighted by molar-refractivity contribution is 7.09. The highest BCUT2D eigenvalue weighted by Gasteiger charge is 2.17. The number of amides is 1. The number of quaternary nitrogens is 1. The maximum Gasteiger partial charge on any atom is 0.279 e. The van der Waals surface area contributed by atoms with E-state index in [1.165, 1.54) is 16.0 Å². The Hall–Kier alpha value is -2.37. The molecule has 0 fully saturated rings. The second kappa shape index (κ2) is 8.14. The first kappa shape index (κ1) is 17.5. The van der Waals surface area contributed by atoms with Crippen molar-refractivity contribution in [2.45, 2.75) is 26.9 Å². The molecule has 0 aliphatic heterocycles. The topological polar surface area (TPSA) is 46.7 Å². The van der Waals surface area contributed by atoms with Gasteiger partial charge in [-0.15, -0.1) is 11.3 Å². The zero-order valence-corrected chi connectivity index (χ0v) is 15.4. The molecule has 0 saturated heterocycles. The lowest BCUT2D eigenvalue weighted by Gasteiger charge is -2.17. The second-order valence-electron chi connectivity index (χ2n) is 6.29. The number of rotatable bonds is 7. The van der Waals surface area contributed by atoms with Crippen molar-refractivity contribution in [3.05, 3.63) is 75.9 Å². The van der Waals surface area contributed by atoms with Gasteiger partial charge in [0, 0.05) is 5.69 Å². The molecule has 0 bridgehead atoms. The Labute approximate surface area is 152 Å². The van der Waals surface area contributed by atoms with Crippen LogP contribution in [0.15, 0.2) is 58.5 Å². The molecule has 0 aliphatic rings. The standard InChI is InChI=1S/C20H22N2O2S/c1-15-7-8-17(11-16(15)2)21-20(23)14-22(12-18-5-3-9-24-18)13-19-6-4-10-25-19/h3-11H,12-14H2,1-2H3,(H,21,23)/p+1. The zero-order chi connectivity index (χ0) is 17.6. The molecule has 1 atom stereocenters. The van der Waals surface area contributed by atoms with Crippen molar-refractivity contribution in [1.82, 2.24) is 0 Å². The first-order chi connectivity index (χ1) is 12.1. The second-order valence-corrected chi connectivity index (χ2v) is 7.32. The first-order valence-corrected chi connectivity index (χ1v) is 9.23. The molecule has 3 aromatic rings. The predicted molar refractivity (Wildman–Crippen MR) is 101 cm³/mol. The van der Waals surface area contributed by atoms with Crippen LogP contribution in [0.3, 0.4) is 0 Å². The smallest absolute Gasteiger partial charge is 0.279 e. The van der Waals surface area contributed by atoms with Crippen molar-refractivity contribution in [1.29, 1.82) is 0 Å². The number of anilines is 1. The number of carbonyl (C=O) groups is 1. The van der Waals surface area contributed by atoms with Gasteiger partial charge in [-0.3, -0.25) is 4.79 Å². The van der Waals surface area contributed by atoms with Crippen LogP contribution in [0.2, 0.25) is 0 Å². The fourth-order valence-electron chi connectivity index (χ4n) is 2.76. The molecule has 2 aromatic heterocycles. The van der Waals surface area contributed by atoms with Crippen LogP contribution in [0.5, 0.6) is 0 Å². The molecule has 1 amide bonds. The molecular weight excluding hydrogens is 332 g/mol. The molecule has 2 heterocycles. The van der Waals surface area contributed by atoms with E-state index in [1.807, 2.05) is 36.4 Å². The van der Waals surface area contributed by atoms with Crippen LogP contribution in [0.4, 0.5) is 5.69 Å². The van der Waals surface area contributed by atoms with Gasteiger partial charge in [-0.2, -0.15) is 0 Å². The van der Waals surface area contributed by atoms with Crippen LogP contribution in [0, 0.1) is 13.8 Å². The molecule has 0 spiro atoms. The van der Waals surface area contributed by atoms with Gasteiger partial charge >= 0.3 is 0 Å². The summed E-state index contributed by atoms with van der Waals surface area (Å²) in [5.41, 5.74) is 3.25. The lowest BCUT2D eigenvalue weighted by atomic mass is 10.1. The van der Waals surface area contributed by atoms with Gasteiger partial charge in [-0.1, -0.05) is 12.1 Å². The lowest BCUT2D eigenvalue weighted by Crippen LogP contribution is -3.10. The zero-order valence-electron chi connectivity index (χ0n) is 14.5. The van der Waals surface area contributed by atoms with E-state index < -0.39 is 0 Å². The summed E-state index contributed by atoms with van der Waals surface area (Å²) in [5.74, 6) is 0.909. The first-order valence-electron chi connectivity index (χ1n) is 8.35. The van der Waals surface area contributed by atoms with Crippen molar-refractivity contribution < 1.29 is 14.1 Å². The number of hydrogen-bond acceptors (Lipinski definition) is 3. The van der Waals surface area contributed by atoms with Crippen molar-refractivity contribution in [3.63, 3.8) is 0 Å². The molecule has 4 nitrogen and oxygen atoms in total. The highest BCUT2D eigenvalue weighted by Crippen LogP contribution is 2.13. The number of hydrogen-bond donors (Lipinski definition) is 2. The normalized spacial score (nSPS) is 12.1. The molecule has 1 unspecified atom stereocenters. The van der Waals surface area contributed by atoms with Gasteiger partial charge in [0.15, 0.2) is 12.3 Å². The molecule has 0 aliphatic carbocycles. The number of nitrogens with one attached hydrogen (secondary N) is 2. The summed E-state index contributed by atoms with van der Waals surface area (Å²) in [6.45, 7) is 6.00. The molecule has 3 rings (SSSR count). The summed E-state index contributed by atoms with van der Waals surface area (Å²) >= 11 is 1.72. The maximum absolute atomic E-state index is 12.5. The summed E-state index contributed by atoms with van der Waals surface area (Å²) in [5, 5.41) is 5.08. The monoisotopic (exact) mass is 355 g/mol. The van der Waals surface area contributed by atoms with Crippen LogP contribution in [0.25, 0.3) is 0 Å². The van der Waals surface area contributed by atoms with Crippen molar-refractivity contribution in [3.8, 4) is 0 Å². The fourth-order valence-corrected chi connectivity index (χ4v) is 3.53. The third-order valence-corrected chi connectivity index (χ3v) is 5.09. The Kier molecular flexibility index (Phi) is 5.68. The Morgan fingerprint density at radius 3 is 2.68 bits per heavy atom. The molecule has 0 saturated carbocycles. The van der Waals surface area contributed by atoms with E-state index in [2.05, 4.69) is 30.6 Å². The average Bonchev–Trinajstić information content (AvgIpc) is 3.25. The van der Waals surface area contributed by atoms with Crippen LogP contribution in [-0.4, -0.2) is 12.5 Å². The number of carbonyl (C=O) groups excluding carboxylic acids is 1. The fraction of sp³-hybridized carbons (Fsp3) is 0.250. The summed E-state index contributed by atoms with van der Waals surface area (Å²) in [7, 11) is 0. The van der Waals surface area contributed by atoms with Gasteiger partial charge < -0.3 is 14.6 Å². The third-order valence-electron chi connectivity index (χ3n) is 4.21. The number of thiophene rings is 1. The van der Waals surface area contributed by atoms with Crippen molar-refractivity contribution in [2.24, 2.45) is 0 Å². The van der Waals surface area contributed by atoms with Gasteiger partial charge in [0.1, 0.15) is 13.1 Å². The highest BCUT2D eigenvalue weighted by atomic mass is 32.1. The summed E-state index contributed by atoms with van der Waals surface area (Å²) in [6, 6.07) is 14.0. The van der Waals surface area contributed by atoms with Gasteiger partial charge in [0.05, 0.1) is 11.1 Å². The van der Waals surface area contributed by atoms with Crippen LogP contribution in [-0.2, 0) is 17.9 Å². The van der Waals surface area contributed by atoms with E-state index in [1.54, 1.807) is 17.6 Å². The van der Waals surface area contributed by atoms with Crippen LogP contribution in [0.1, 0.15) is 21.8 Å². The molecule has 2 N–H and O–H groups in total. The molecule has 130 valence electrons. The number of benzene rings is 1. The Bertz CT molecular complexity index is 774. The number of aryl methyl sites for hydroxylation is 2. The van der Waals surface area contributed by atoms with E-state index in [0.29, 0.717) is 13.1 Å². The average molecular weight is 355 g/mol. The minimum atomic E-state index is 0.0152. The quantitative estimate of drug-likeness (QED) is 0.684. The summed E-state index contributed by atoms with van der Waals surface area (Å²) < 4.78 is 5.46. The van der Waals surface area contributed by atoms with Gasteiger partial charge in [0.25, 0.3) is 5.91 Å². The molecule has 1 aromatic carbocycles. The van der Waals surface area contributed by atoms with Crippen molar-refractivity contribution >= 4 is 22.9 Å². The predicted octanol–water partition coefficient (Wildman–Crippen LogP) is 3.18. The minimum Gasteiger partial charge on any atom is -0.463 e. The number of furan rings is 1. The van der Waals surface area contributed by atoms with E-state index in [4.69, 9.17) is 4.42 Å². The van der Waals surface area contributed by atoms with Crippen LogP contribution >= 0.6 is 11.3 Å². The van der Waals surface area contributed by atoms with Gasteiger partial charge in [0.2, 0.25) is 0 Å². The van der Waals surface area contributed by atoms with E-state index in [0.717, 1.165) is 22.9 Å². The Morgan fingerprint density at radius 1 is 1.12 bits per heavy atom. The van der Waals surface area contributed by atoms with Gasteiger partial charge in [-0.05, 0) is 60.7 Å². The molecular formula is C20H23N2O2S+. The third kappa shape index (κ3) is 5.05. The maximum atomic E-state index is 12.5. The van der Waals surface area contributed by atoms with E-state index >= 15 is 0 Å². The van der Waals surface area contributed by atoms with Crippen molar-refractivity contribution in [2.75, 3.05) is 11.9 Å². The minimum absolute atomic E-state index is 0.0152. The SMILES string of the molecule is Cc1ccc(NC(=O)C[NH+](Cc2ccco2)Cc2cccs2)cc1C. The molecule has 25 heavy (non-hydrogen) atoms. The van der Waals surface area contributed by atoms with E-state index in [-0.39, 0.29) is 5.91 Å². The summed E-state index contributed by atoms with van der Waals surface area (Å²) in [4.78, 5) is 14.9. The largest absolute Gasteiger partial charge is 0.463 e. The Balaban J connectivity index is 1.65. The molecule has 0 radical (unpaired) electrons. The Morgan fingerprint density at radius 2 is 2.00 bits per heavy atom. The van der Waals surface area contributed by atoms with Crippen LogP contribution < -0.4 is 10.2 Å². The van der Waals surface area contributed by atoms with E-state index in [9.17, 15) is 4.79 Å². The molecule has 5 heteroatoms. The van der Waals surface area contributed by atoms with Gasteiger partial charge in [-0.25, -0.2) is 0 Å². The summed E-state index contributed by atoms with van der Waals surface area (Å²) in [6.07, 6.45) is 1.67.